The van der Waals surface area contributed by atoms with Gasteiger partial charge in [0.1, 0.15) is 0 Å². The molecule has 0 aliphatic carbocycles. The molecule has 2 heteroatoms. The largest absolute Gasteiger partial charge is 0.249 e. The van der Waals surface area contributed by atoms with Crippen LogP contribution in [0.1, 0.15) is 16.7 Å². The Balaban J connectivity index is 1.82. The number of benzene rings is 3. The van der Waals surface area contributed by atoms with Gasteiger partial charge in [0.15, 0.2) is 0 Å². The molecule has 0 aromatic heterocycles. The standard InChI is InChI=1S/C21H20OS/c1-17-11-15-20(16-12-17)23(22)21-10-6-5-9-19(21)14-13-18-7-3-2-4-8-18/h2-12,15-16H,13-14H2,1H3/t23-/m0/s1. The van der Waals surface area contributed by atoms with Crippen molar-refractivity contribution in [2.75, 3.05) is 0 Å². The Morgan fingerprint density at radius 2 is 1.39 bits per heavy atom. The van der Waals surface area contributed by atoms with Crippen LogP contribution in [-0.2, 0) is 23.6 Å². The first kappa shape index (κ1) is 15.7. The summed E-state index contributed by atoms with van der Waals surface area (Å²) in [6.45, 7) is 2.04. The molecule has 0 saturated carbocycles. The zero-order valence-electron chi connectivity index (χ0n) is 13.2. The molecule has 0 bridgehead atoms. The summed E-state index contributed by atoms with van der Waals surface area (Å²) in [7, 11) is -1.12. The van der Waals surface area contributed by atoms with E-state index in [9.17, 15) is 4.21 Å². The highest BCUT2D eigenvalue weighted by atomic mass is 32.2. The third kappa shape index (κ3) is 3.96. The minimum Gasteiger partial charge on any atom is -0.249 e. The molecule has 0 saturated heterocycles. The van der Waals surface area contributed by atoms with Gasteiger partial charge in [0.25, 0.3) is 0 Å². The van der Waals surface area contributed by atoms with E-state index in [0.29, 0.717) is 0 Å². The Morgan fingerprint density at radius 1 is 0.739 bits per heavy atom. The van der Waals surface area contributed by atoms with E-state index in [4.69, 9.17) is 0 Å². The van der Waals surface area contributed by atoms with E-state index >= 15 is 0 Å². The lowest BCUT2D eigenvalue weighted by Crippen LogP contribution is -2.00. The van der Waals surface area contributed by atoms with Gasteiger partial charge in [-0.2, -0.15) is 0 Å². The van der Waals surface area contributed by atoms with Gasteiger partial charge < -0.3 is 0 Å². The van der Waals surface area contributed by atoms with E-state index in [-0.39, 0.29) is 0 Å². The van der Waals surface area contributed by atoms with Crippen LogP contribution in [0.3, 0.4) is 0 Å². The topological polar surface area (TPSA) is 17.1 Å². The van der Waals surface area contributed by atoms with E-state index in [1.54, 1.807) is 0 Å². The average molecular weight is 320 g/mol. The highest BCUT2D eigenvalue weighted by molar-refractivity contribution is 7.85. The van der Waals surface area contributed by atoms with E-state index in [1.165, 1.54) is 11.1 Å². The third-order valence-electron chi connectivity index (χ3n) is 3.93. The molecule has 0 N–H and O–H groups in total. The lowest BCUT2D eigenvalue weighted by molar-refractivity contribution is 0.682. The second kappa shape index (κ2) is 7.38. The van der Waals surface area contributed by atoms with Gasteiger partial charge in [-0.05, 0) is 49.1 Å². The highest BCUT2D eigenvalue weighted by Gasteiger charge is 2.11. The van der Waals surface area contributed by atoms with E-state index in [1.807, 2.05) is 55.5 Å². The first-order chi connectivity index (χ1) is 11.2. The van der Waals surface area contributed by atoms with Crippen LogP contribution in [-0.4, -0.2) is 4.21 Å². The normalized spacial score (nSPS) is 12.0. The molecule has 0 aliphatic heterocycles. The van der Waals surface area contributed by atoms with E-state index in [2.05, 4.69) is 30.3 Å². The summed E-state index contributed by atoms with van der Waals surface area (Å²) in [5.41, 5.74) is 3.65. The number of hydrogen-bond donors (Lipinski definition) is 0. The van der Waals surface area contributed by atoms with Crippen LogP contribution >= 0.6 is 0 Å². The molecule has 0 fully saturated rings. The maximum absolute atomic E-state index is 12.9. The maximum atomic E-state index is 12.9. The first-order valence-electron chi connectivity index (χ1n) is 7.84. The van der Waals surface area contributed by atoms with Crippen LogP contribution < -0.4 is 0 Å². The lowest BCUT2D eigenvalue weighted by atomic mass is 10.0. The minimum atomic E-state index is -1.12. The Morgan fingerprint density at radius 3 is 2.13 bits per heavy atom. The monoisotopic (exact) mass is 320 g/mol. The van der Waals surface area contributed by atoms with Crippen molar-refractivity contribution in [2.45, 2.75) is 29.6 Å². The minimum absolute atomic E-state index is 0.864. The summed E-state index contributed by atoms with van der Waals surface area (Å²) in [5.74, 6) is 0. The fourth-order valence-electron chi connectivity index (χ4n) is 2.60. The maximum Gasteiger partial charge on any atom is 0.0852 e. The average Bonchev–Trinajstić information content (AvgIpc) is 2.61. The molecule has 116 valence electrons. The smallest absolute Gasteiger partial charge is 0.0852 e. The number of rotatable bonds is 5. The molecule has 0 unspecified atom stereocenters. The van der Waals surface area contributed by atoms with Crippen molar-refractivity contribution in [2.24, 2.45) is 0 Å². The molecule has 0 spiro atoms. The van der Waals surface area contributed by atoms with E-state index in [0.717, 1.165) is 28.2 Å². The van der Waals surface area contributed by atoms with Gasteiger partial charge in [-0.25, -0.2) is 4.21 Å². The Hall–Kier alpha value is -2.19. The molecular weight excluding hydrogens is 300 g/mol. The summed E-state index contributed by atoms with van der Waals surface area (Å²) < 4.78 is 12.9. The Kier molecular flexibility index (Phi) is 5.04. The van der Waals surface area contributed by atoms with Gasteiger partial charge in [-0.1, -0.05) is 66.2 Å². The summed E-state index contributed by atoms with van der Waals surface area (Å²) >= 11 is 0. The third-order valence-corrected chi connectivity index (χ3v) is 5.43. The molecule has 0 aliphatic rings. The van der Waals surface area contributed by atoms with Crippen molar-refractivity contribution in [3.8, 4) is 0 Å². The quantitative estimate of drug-likeness (QED) is 0.650. The number of aryl methyl sites for hydroxylation is 3. The fourth-order valence-corrected chi connectivity index (χ4v) is 3.85. The van der Waals surface area contributed by atoms with Gasteiger partial charge in [0.2, 0.25) is 0 Å². The van der Waals surface area contributed by atoms with Crippen LogP contribution in [0.25, 0.3) is 0 Å². The SMILES string of the molecule is Cc1ccc([S@](=O)c2ccccc2CCc2ccccc2)cc1. The summed E-state index contributed by atoms with van der Waals surface area (Å²) in [6.07, 6.45) is 1.86. The Bertz CT molecular complexity index is 792. The van der Waals surface area contributed by atoms with Gasteiger partial charge >= 0.3 is 0 Å². The van der Waals surface area contributed by atoms with Crippen LogP contribution in [0.4, 0.5) is 0 Å². The molecule has 0 radical (unpaired) electrons. The zero-order valence-corrected chi connectivity index (χ0v) is 14.1. The van der Waals surface area contributed by atoms with Crippen molar-refractivity contribution in [1.29, 1.82) is 0 Å². The summed E-state index contributed by atoms with van der Waals surface area (Å²) in [6, 6.07) is 26.4. The molecule has 3 aromatic rings. The number of hydrogen-bond acceptors (Lipinski definition) is 1. The van der Waals surface area contributed by atoms with Gasteiger partial charge in [-0.15, -0.1) is 0 Å². The molecular formula is C21H20OS. The highest BCUT2D eigenvalue weighted by Crippen LogP contribution is 2.22. The predicted octanol–water partition coefficient (Wildman–Crippen LogP) is 4.95. The van der Waals surface area contributed by atoms with Crippen molar-refractivity contribution >= 4 is 10.8 Å². The van der Waals surface area contributed by atoms with Crippen LogP contribution in [0.5, 0.6) is 0 Å². The first-order valence-corrected chi connectivity index (χ1v) is 8.99. The summed E-state index contributed by atoms with van der Waals surface area (Å²) in [5, 5.41) is 0. The molecule has 1 atom stereocenters. The molecule has 3 aromatic carbocycles. The zero-order chi connectivity index (χ0) is 16.1. The second-order valence-corrected chi connectivity index (χ2v) is 7.12. The van der Waals surface area contributed by atoms with Crippen LogP contribution in [0, 0.1) is 6.92 Å². The van der Waals surface area contributed by atoms with Gasteiger partial charge in [-0.3, -0.25) is 0 Å². The van der Waals surface area contributed by atoms with E-state index < -0.39 is 10.8 Å². The molecule has 3 rings (SSSR count). The van der Waals surface area contributed by atoms with Crippen molar-refractivity contribution in [1.82, 2.24) is 0 Å². The molecule has 1 nitrogen and oxygen atoms in total. The Labute approximate surface area is 140 Å². The molecule has 0 amide bonds. The second-order valence-electron chi connectivity index (χ2n) is 5.68. The van der Waals surface area contributed by atoms with Crippen LogP contribution in [0.2, 0.25) is 0 Å². The summed E-state index contributed by atoms with van der Waals surface area (Å²) in [4.78, 5) is 1.79. The fraction of sp³-hybridized carbons (Fsp3) is 0.143. The van der Waals surface area contributed by atoms with Crippen molar-refractivity contribution in [3.05, 3.63) is 95.6 Å². The van der Waals surface area contributed by atoms with Crippen LogP contribution in [0.15, 0.2) is 88.7 Å². The van der Waals surface area contributed by atoms with Crippen molar-refractivity contribution < 1.29 is 4.21 Å². The predicted molar refractivity (Wildman–Crippen MR) is 96.1 cm³/mol. The molecule has 0 heterocycles. The lowest BCUT2D eigenvalue weighted by Gasteiger charge is -2.10. The molecule has 23 heavy (non-hydrogen) atoms. The van der Waals surface area contributed by atoms with Gasteiger partial charge in [0.05, 0.1) is 10.8 Å². The van der Waals surface area contributed by atoms with Gasteiger partial charge in [0, 0.05) is 9.79 Å². The van der Waals surface area contributed by atoms with Crippen molar-refractivity contribution in [3.63, 3.8) is 0 Å².